The van der Waals surface area contributed by atoms with Crippen molar-refractivity contribution in [1.29, 1.82) is 0 Å². The second-order valence-corrected chi connectivity index (χ2v) is 3.73. The third kappa shape index (κ3) is 2.97. The third-order valence-electron chi connectivity index (χ3n) is 2.14. The van der Waals surface area contributed by atoms with Crippen LogP contribution in [0.25, 0.3) is 0 Å². The van der Waals surface area contributed by atoms with E-state index in [1.807, 2.05) is 42.9 Å². The highest BCUT2D eigenvalue weighted by Crippen LogP contribution is 2.18. The monoisotopic (exact) mass is 214 g/mol. The van der Waals surface area contributed by atoms with E-state index >= 15 is 0 Å². The first-order valence-corrected chi connectivity index (χ1v) is 5.21. The third-order valence-corrected chi connectivity index (χ3v) is 2.39. The lowest BCUT2D eigenvalue weighted by Gasteiger charge is -2.14. The minimum atomic E-state index is 0.770. The molecule has 0 N–H and O–H groups in total. The topological polar surface area (TPSA) is 0 Å². The molecule has 0 saturated heterocycles. The van der Waals surface area contributed by atoms with Crippen molar-refractivity contribution in [3.8, 4) is 0 Å². The fourth-order valence-corrected chi connectivity index (χ4v) is 1.46. The van der Waals surface area contributed by atoms with Gasteiger partial charge in [0.1, 0.15) is 0 Å². The SMILES string of the molecule is ClC1=C[CH-]C(=CC=C2C=CC=C[CH-]2)C=C1. The second-order valence-electron chi connectivity index (χ2n) is 3.30. The van der Waals surface area contributed by atoms with Crippen LogP contribution in [0.5, 0.6) is 0 Å². The van der Waals surface area contributed by atoms with Gasteiger partial charge >= 0.3 is 0 Å². The average molecular weight is 215 g/mol. The van der Waals surface area contributed by atoms with Gasteiger partial charge in [-0.2, -0.15) is 23.3 Å². The Bertz CT molecular complexity index is 415. The van der Waals surface area contributed by atoms with Gasteiger partial charge in [-0.15, -0.1) is 67.0 Å². The maximum absolute atomic E-state index is 5.80. The van der Waals surface area contributed by atoms with Crippen LogP contribution in [-0.4, -0.2) is 0 Å². The van der Waals surface area contributed by atoms with E-state index in [0.29, 0.717) is 0 Å². The Kier molecular flexibility index (Phi) is 3.21. The molecule has 0 aromatic carbocycles. The second kappa shape index (κ2) is 4.81. The molecule has 0 radical (unpaired) electrons. The van der Waals surface area contributed by atoms with Crippen LogP contribution in [0.2, 0.25) is 0 Å². The van der Waals surface area contributed by atoms with Crippen LogP contribution >= 0.6 is 11.6 Å². The molecular formula is C14H11Cl-2. The summed E-state index contributed by atoms with van der Waals surface area (Å²) in [6.45, 7) is 0. The minimum absolute atomic E-state index is 0.770. The average Bonchev–Trinajstić information content (AvgIpc) is 2.30. The number of hydrogen-bond acceptors (Lipinski definition) is 0. The minimum Gasteiger partial charge on any atom is -0.177 e. The molecule has 0 nitrogen and oxygen atoms in total. The fraction of sp³-hybridized carbons (Fsp3) is 0. The molecule has 1 heteroatoms. The summed E-state index contributed by atoms with van der Waals surface area (Å²) < 4.78 is 0. The first-order chi connectivity index (χ1) is 7.34. The maximum atomic E-state index is 5.80. The van der Waals surface area contributed by atoms with Crippen LogP contribution in [0, 0.1) is 12.8 Å². The molecule has 2 aliphatic rings. The van der Waals surface area contributed by atoms with E-state index in [-0.39, 0.29) is 0 Å². The maximum Gasteiger partial charge on any atom is -0.0416 e. The zero-order chi connectivity index (χ0) is 10.5. The zero-order valence-electron chi connectivity index (χ0n) is 8.23. The van der Waals surface area contributed by atoms with E-state index in [1.54, 1.807) is 0 Å². The smallest absolute Gasteiger partial charge is 0.0416 e. The Hall–Kier alpha value is -1.53. The Labute approximate surface area is 95.6 Å². The van der Waals surface area contributed by atoms with Gasteiger partial charge in [-0.25, -0.2) is 0 Å². The molecule has 0 aromatic heterocycles. The van der Waals surface area contributed by atoms with E-state index in [9.17, 15) is 0 Å². The van der Waals surface area contributed by atoms with Crippen molar-refractivity contribution in [3.63, 3.8) is 0 Å². The predicted octanol–water partition coefficient (Wildman–Crippen LogP) is 4.07. The van der Waals surface area contributed by atoms with Crippen molar-refractivity contribution < 1.29 is 0 Å². The molecule has 15 heavy (non-hydrogen) atoms. The van der Waals surface area contributed by atoms with E-state index < -0.39 is 0 Å². The summed E-state index contributed by atoms with van der Waals surface area (Å²) in [6, 6.07) is 0. The van der Waals surface area contributed by atoms with E-state index in [4.69, 9.17) is 11.6 Å². The summed E-state index contributed by atoms with van der Waals surface area (Å²) in [4.78, 5) is 0. The van der Waals surface area contributed by atoms with Crippen molar-refractivity contribution in [2.24, 2.45) is 0 Å². The summed E-state index contributed by atoms with van der Waals surface area (Å²) >= 11 is 5.80. The zero-order valence-corrected chi connectivity index (χ0v) is 8.98. The normalized spacial score (nSPS) is 23.9. The molecule has 0 unspecified atom stereocenters. The molecule has 0 saturated carbocycles. The number of rotatable bonds is 1. The lowest BCUT2D eigenvalue weighted by molar-refractivity contribution is 1.48. The van der Waals surface area contributed by atoms with Gasteiger partial charge in [0.25, 0.3) is 0 Å². The van der Waals surface area contributed by atoms with Crippen molar-refractivity contribution in [3.05, 3.63) is 83.7 Å². The highest BCUT2D eigenvalue weighted by atomic mass is 35.5. The van der Waals surface area contributed by atoms with Gasteiger partial charge < -0.3 is 0 Å². The van der Waals surface area contributed by atoms with E-state index in [2.05, 4.69) is 24.6 Å². The van der Waals surface area contributed by atoms with Gasteiger partial charge in [0.15, 0.2) is 0 Å². The van der Waals surface area contributed by atoms with Gasteiger partial charge in [-0.3, -0.25) is 0 Å². The van der Waals surface area contributed by atoms with Gasteiger partial charge in [-0.1, -0.05) is 0 Å². The summed E-state index contributed by atoms with van der Waals surface area (Å²) in [7, 11) is 0. The quantitative estimate of drug-likeness (QED) is 0.578. The number of halogens is 1. The van der Waals surface area contributed by atoms with Crippen molar-refractivity contribution in [2.45, 2.75) is 0 Å². The highest BCUT2D eigenvalue weighted by Gasteiger charge is 1.87. The van der Waals surface area contributed by atoms with Crippen LogP contribution < -0.4 is 0 Å². The van der Waals surface area contributed by atoms with E-state index in [0.717, 1.165) is 10.6 Å². The van der Waals surface area contributed by atoms with Gasteiger partial charge in [0.05, 0.1) is 0 Å². The molecule has 0 amide bonds. The lowest BCUT2D eigenvalue weighted by atomic mass is 10.0. The molecule has 0 fully saturated rings. The number of hydrogen-bond donors (Lipinski definition) is 0. The summed E-state index contributed by atoms with van der Waals surface area (Å²) in [6.07, 6.45) is 22.2. The lowest BCUT2D eigenvalue weighted by Crippen LogP contribution is -1.85. The summed E-state index contributed by atoms with van der Waals surface area (Å²) in [5.41, 5.74) is 2.36. The number of allylic oxidation sites excluding steroid dienone is 12. The first kappa shape index (κ1) is 10.0. The summed E-state index contributed by atoms with van der Waals surface area (Å²) in [5, 5.41) is 0.770. The van der Waals surface area contributed by atoms with Crippen LogP contribution in [0.1, 0.15) is 0 Å². The van der Waals surface area contributed by atoms with E-state index in [1.165, 1.54) is 5.57 Å². The Morgan fingerprint density at radius 2 is 1.73 bits per heavy atom. The largest absolute Gasteiger partial charge is 0.177 e. The molecule has 2 aliphatic carbocycles. The van der Waals surface area contributed by atoms with Crippen LogP contribution in [0.15, 0.2) is 70.9 Å². The van der Waals surface area contributed by atoms with Crippen LogP contribution in [-0.2, 0) is 0 Å². The van der Waals surface area contributed by atoms with Crippen molar-refractivity contribution in [1.82, 2.24) is 0 Å². The molecule has 76 valence electrons. The van der Waals surface area contributed by atoms with Gasteiger partial charge in [0.2, 0.25) is 0 Å². The molecule has 0 atom stereocenters. The first-order valence-electron chi connectivity index (χ1n) is 4.83. The molecule has 0 spiro atoms. The fourth-order valence-electron chi connectivity index (χ4n) is 1.33. The molecule has 2 rings (SSSR count). The van der Waals surface area contributed by atoms with Crippen LogP contribution in [0.4, 0.5) is 0 Å². The standard InChI is InChI=1S/C14H11Cl/c15-14-10-8-13(9-11-14)7-6-12-4-2-1-3-5-12/h1-11H/q-2. The molecule has 0 bridgehead atoms. The van der Waals surface area contributed by atoms with Gasteiger partial charge in [0, 0.05) is 0 Å². The Morgan fingerprint density at radius 3 is 2.33 bits per heavy atom. The molecule has 0 aliphatic heterocycles. The summed E-state index contributed by atoms with van der Waals surface area (Å²) in [5.74, 6) is 0. The van der Waals surface area contributed by atoms with Crippen LogP contribution in [0.3, 0.4) is 0 Å². The Balaban J connectivity index is 2.03. The molecular weight excluding hydrogens is 204 g/mol. The highest BCUT2D eigenvalue weighted by molar-refractivity contribution is 6.31. The van der Waals surface area contributed by atoms with Crippen molar-refractivity contribution in [2.75, 3.05) is 0 Å². The Morgan fingerprint density at radius 1 is 0.933 bits per heavy atom. The molecule has 0 aromatic rings. The molecule has 0 heterocycles. The van der Waals surface area contributed by atoms with Crippen molar-refractivity contribution >= 4 is 11.6 Å². The van der Waals surface area contributed by atoms with Gasteiger partial charge in [-0.05, 0) is 5.03 Å². The predicted molar refractivity (Wildman–Crippen MR) is 66.1 cm³/mol.